The Labute approximate surface area is 177 Å². The van der Waals surface area contributed by atoms with Crippen LogP contribution in [0, 0.1) is 5.92 Å². The number of H-pyrrole nitrogens is 1. The van der Waals surface area contributed by atoms with Crippen molar-refractivity contribution < 1.29 is 14.6 Å². The first-order valence-electron chi connectivity index (χ1n) is 10.2. The van der Waals surface area contributed by atoms with Gasteiger partial charge in [-0.05, 0) is 37.7 Å². The number of methoxy groups -OCH3 is 1. The van der Waals surface area contributed by atoms with Gasteiger partial charge in [0.05, 0.1) is 17.3 Å². The molecule has 0 unspecified atom stereocenters. The minimum absolute atomic E-state index is 0.218. The molecule has 1 aliphatic carbocycles. The van der Waals surface area contributed by atoms with Crippen molar-refractivity contribution in [3.63, 3.8) is 0 Å². The molecule has 4 heterocycles. The first-order valence-corrected chi connectivity index (χ1v) is 11.0. The van der Waals surface area contributed by atoms with Crippen LogP contribution in [0.3, 0.4) is 0 Å². The lowest BCUT2D eigenvalue weighted by atomic mass is 9.98. The van der Waals surface area contributed by atoms with Gasteiger partial charge in [0, 0.05) is 37.4 Å². The van der Waals surface area contributed by atoms with Gasteiger partial charge in [0.15, 0.2) is 11.6 Å². The van der Waals surface area contributed by atoms with Crippen LogP contribution in [-0.2, 0) is 4.74 Å². The Morgan fingerprint density at radius 3 is 2.80 bits per heavy atom. The molecular weight excluding hydrogens is 404 g/mol. The van der Waals surface area contributed by atoms with E-state index in [4.69, 9.17) is 14.7 Å². The van der Waals surface area contributed by atoms with Crippen LogP contribution in [0.2, 0.25) is 0 Å². The van der Waals surface area contributed by atoms with Gasteiger partial charge in [-0.15, -0.1) is 11.3 Å². The van der Waals surface area contributed by atoms with E-state index in [9.17, 15) is 9.90 Å². The summed E-state index contributed by atoms with van der Waals surface area (Å²) in [6.45, 7) is 1.80. The van der Waals surface area contributed by atoms with E-state index < -0.39 is 0 Å². The average molecular weight is 429 g/mol. The van der Waals surface area contributed by atoms with Crippen molar-refractivity contribution in [1.29, 1.82) is 0 Å². The molecule has 0 bridgehead atoms. The molecule has 2 fully saturated rings. The molecule has 10 heteroatoms. The van der Waals surface area contributed by atoms with Gasteiger partial charge in [-0.2, -0.15) is 10.1 Å². The van der Waals surface area contributed by atoms with Crippen molar-refractivity contribution in [3.8, 4) is 0 Å². The van der Waals surface area contributed by atoms with E-state index in [1.165, 1.54) is 31.3 Å². The topological polar surface area (TPSA) is 116 Å². The van der Waals surface area contributed by atoms with Gasteiger partial charge >= 0.3 is 5.97 Å². The second-order valence-electron chi connectivity index (χ2n) is 7.91. The zero-order chi connectivity index (χ0) is 20.7. The number of nitrogens with one attached hydrogen (secondary N) is 2. The zero-order valence-electron chi connectivity index (χ0n) is 16.7. The Bertz CT molecular complexity index is 1070. The molecule has 5 rings (SSSR count). The highest BCUT2D eigenvalue weighted by Crippen LogP contribution is 2.40. The molecular formula is C20H24N6O3S. The highest BCUT2D eigenvalue weighted by Gasteiger charge is 2.26. The van der Waals surface area contributed by atoms with Gasteiger partial charge in [0.2, 0.25) is 5.95 Å². The predicted molar refractivity (Wildman–Crippen MR) is 115 cm³/mol. The fraction of sp³-hybridized carbons (Fsp3) is 0.500. The van der Waals surface area contributed by atoms with Crippen LogP contribution in [0.15, 0.2) is 12.1 Å². The summed E-state index contributed by atoms with van der Waals surface area (Å²) in [4.78, 5) is 24.2. The summed E-state index contributed by atoms with van der Waals surface area (Å²) in [6.07, 6.45) is 4.20. The molecule has 3 aromatic heterocycles. The van der Waals surface area contributed by atoms with Gasteiger partial charge in [0.25, 0.3) is 0 Å². The number of carbonyl (C=O) groups excluding carboxylic acids is 1. The third-order valence-corrected chi connectivity index (χ3v) is 6.87. The van der Waals surface area contributed by atoms with Crippen LogP contribution >= 0.6 is 11.3 Å². The number of hydrogen-bond acceptors (Lipinski definition) is 9. The maximum atomic E-state index is 12.1. The van der Waals surface area contributed by atoms with Gasteiger partial charge in [-0.1, -0.05) is 0 Å². The number of aromatic amines is 1. The number of anilines is 3. The van der Waals surface area contributed by atoms with Gasteiger partial charge < -0.3 is 20.1 Å². The molecule has 1 aliphatic heterocycles. The summed E-state index contributed by atoms with van der Waals surface area (Å²) in [6, 6.07) is 3.77. The Kier molecular flexibility index (Phi) is 5.03. The fourth-order valence-electron chi connectivity index (χ4n) is 3.79. The lowest BCUT2D eigenvalue weighted by Crippen LogP contribution is -2.35. The summed E-state index contributed by atoms with van der Waals surface area (Å²) in [5, 5.41) is 20.2. The van der Waals surface area contributed by atoms with Gasteiger partial charge in [0.1, 0.15) is 4.88 Å². The second-order valence-corrected chi connectivity index (χ2v) is 8.96. The van der Waals surface area contributed by atoms with Crippen LogP contribution in [0.25, 0.3) is 10.2 Å². The molecule has 1 saturated heterocycles. The Morgan fingerprint density at radius 1 is 1.30 bits per heavy atom. The summed E-state index contributed by atoms with van der Waals surface area (Å²) < 4.78 is 5.67. The number of rotatable bonds is 6. The lowest BCUT2D eigenvalue weighted by molar-refractivity contribution is 0.0606. The van der Waals surface area contributed by atoms with Crippen molar-refractivity contribution in [2.75, 3.05) is 37.0 Å². The van der Waals surface area contributed by atoms with Crippen molar-refractivity contribution in [2.24, 2.45) is 5.92 Å². The number of hydrogen-bond donors (Lipinski definition) is 3. The number of carbonyl (C=O) groups is 1. The number of thiophene rings is 1. The summed E-state index contributed by atoms with van der Waals surface area (Å²) in [7, 11) is 1.37. The maximum absolute atomic E-state index is 12.1. The average Bonchev–Trinajstić information content (AvgIpc) is 3.36. The highest BCUT2D eigenvalue weighted by atomic mass is 32.1. The third kappa shape index (κ3) is 3.72. The van der Waals surface area contributed by atoms with Crippen LogP contribution in [0.1, 0.15) is 47.0 Å². The maximum Gasteiger partial charge on any atom is 0.348 e. The van der Waals surface area contributed by atoms with E-state index in [1.807, 2.05) is 6.07 Å². The second kappa shape index (κ2) is 7.84. The van der Waals surface area contributed by atoms with Crippen molar-refractivity contribution in [3.05, 3.63) is 22.7 Å². The van der Waals surface area contributed by atoms with E-state index in [1.54, 1.807) is 6.07 Å². The number of esters is 1. The van der Waals surface area contributed by atoms with E-state index in [0.717, 1.165) is 36.3 Å². The van der Waals surface area contributed by atoms with Crippen LogP contribution in [0.4, 0.5) is 17.6 Å². The van der Waals surface area contributed by atoms with E-state index in [0.29, 0.717) is 39.8 Å². The monoisotopic (exact) mass is 428 g/mol. The smallest absolute Gasteiger partial charge is 0.348 e. The van der Waals surface area contributed by atoms with Gasteiger partial charge in [-0.3, -0.25) is 5.10 Å². The van der Waals surface area contributed by atoms with E-state index >= 15 is 0 Å². The van der Waals surface area contributed by atoms with Crippen LogP contribution in [0.5, 0.6) is 0 Å². The van der Waals surface area contributed by atoms with E-state index in [2.05, 4.69) is 20.4 Å². The molecule has 0 atom stereocenters. The SMILES string of the molecule is COC(=O)c1cc2nc(N3CCC(CO)CC3)nc(Nc3cc(C4CC4)[nH]n3)c2s1. The van der Waals surface area contributed by atoms with Crippen LogP contribution in [-0.4, -0.2) is 58.0 Å². The normalized spacial score (nSPS) is 17.5. The number of aromatic nitrogens is 4. The molecule has 3 N–H and O–H groups in total. The first-order chi connectivity index (χ1) is 14.6. The number of nitrogens with zero attached hydrogens (tertiary/aromatic N) is 4. The Balaban J connectivity index is 1.50. The molecule has 2 aliphatic rings. The summed E-state index contributed by atoms with van der Waals surface area (Å²) in [5.74, 6) is 2.48. The molecule has 3 aromatic rings. The zero-order valence-corrected chi connectivity index (χ0v) is 17.5. The molecule has 30 heavy (non-hydrogen) atoms. The predicted octanol–water partition coefficient (Wildman–Crippen LogP) is 3.03. The standard InChI is InChI=1S/C20H24N6O3S/c1-29-19(28)15-8-14-17(30-15)18(22-16-9-13(24-25-16)12-2-3-12)23-20(21-14)26-6-4-11(10-27)5-7-26/h8-9,11-12,27H,2-7,10H2,1H3,(H2,21,22,23,24,25). The first kappa shape index (κ1) is 19.3. The molecule has 0 spiro atoms. The number of piperidine rings is 1. The lowest BCUT2D eigenvalue weighted by Gasteiger charge is -2.31. The van der Waals surface area contributed by atoms with Crippen molar-refractivity contribution in [2.45, 2.75) is 31.6 Å². The number of aliphatic hydroxyl groups is 1. The fourth-order valence-corrected chi connectivity index (χ4v) is 4.75. The third-order valence-electron chi connectivity index (χ3n) is 5.76. The van der Waals surface area contributed by atoms with Gasteiger partial charge in [-0.25, -0.2) is 9.78 Å². The van der Waals surface area contributed by atoms with Crippen molar-refractivity contribution >= 4 is 45.1 Å². The molecule has 0 amide bonds. The minimum Gasteiger partial charge on any atom is -0.465 e. The Hall–Kier alpha value is -2.72. The molecule has 0 aromatic carbocycles. The molecule has 9 nitrogen and oxygen atoms in total. The largest absolute Gasteiger partial charge is 0.465 e. The van der Waals surface area contributed by atoms with Crippen LogP contribution < -0.4 is 10.2 Å². The van der Waals surface area contributed by atoms with E-state index in [-0.39, 0.29) is 12.6 Å². The number of aliphatic hydroxyl groups excluding tert-OH is 1. The van der Waals surface area contributed by atoms with Crippen molar-refractivity contribution in [1.82, 2.24) is 20.2 Å². The quantitative estimate of drug-likeness (QED) is 0.513. The number of fused-ring (bicyclic) bond motifs is 1. The molecule has 0 radical (unpaired) electrons. The molecule has 158 valence electrons. The minimum atomic E-state index is -0.384. The number of ether oxygens (including phenoxy) is 1. The Morgan fingerprint density at radius 2 is 2.10 bits per heavy atom. The summed E-state index contributed by atoms with van der Waals surface area (Å²) in [5.41, 5.74) is 1.84. The molecule has 1 saturated carbocycles. The summed E-state index contributed by atoms with van der Waals surface area (Å²) >= 11 is 1.31. The highest BCUT2D eigenvalue weighted by molar-refractivity contribution is 7.21.